The van der Waals surface area contributed by atoms with Crippen LogP contribution >= 0.6 is 23.2 Å². The van der Waals surface area contributed by atoms with Gasteiger partial charge in [0, 0.05) is 39.0 Å². The van der Waals surface area contributed by atoms with E-state index in [9.17, 15) is 19.8 Å². The zero-order valence-electron chi connectivity index (χ0n) is 22.6. The minimum atomic E-state index is -0.503. The molecule has 0 unspecified atom stereocenters. The number of hydrogen-bond donors (Lipinski definition) is 4. The van der Waals surface area contributed by atoms with Crippen molar-refractivity contribution >= 4 is 67.9 Å². The highest BCUT2D eigenvalue weighted by atomic mass is 35.5. The zero-order valence-corrected chi connectivity index (χ0v) is 24.1. The third-order valence-corrected chi connectivity index (χ3v) is 7.80. The number of hydrogen-bond acceptors (Lipinski definition) is 4. The highest BCUT2D eigenvalue weighted by Gasteiger charge is 2.23. The smallest absolute Gasteiger partial charge is 0.259 e. The van der Waals surface area contributed by atoms with Crippen molar-refractivity contribution in [1.29, 1.82) is 0 Å². The van der Waals surface area contributed by atoms with Crippen molar-refractivity contribution < 1.29 is 19.8 Å². The van der Waals surface area contributed by atoms with Crippen LogP contribution in [0.15, 0.2) is 109 Å². The van der Waals surface area contributed by atoms with E-state index < -0.39 is 11.8 Å². The number of fused-ring (bicyclic) bond motifs is 2. The highest BCUT2D eigenvalue weighted by molar-refractivity contribution is 6.31. The molecule has 0 saturated heterocycles. The first-order valence-corrected chi connectivity index (χ1v) is 14.1. The van der Waals surface area contributed by atoms with Gasteiger partial charge in [-0.2, -0.15) is 0 Å². The van der Waals surface area contributed by atoms with Gasteiger partial charge in [0.1, 0.15) is 11.5 Å². The molecule has 0 saturated carbocycles. The van der Waals surface area contributed by atoms with E-state index in [2.05, 4.69) is 10.6 Å². The molecule has 6 aromatic rings. The Morgan fingerprint density at radius 1 is 0.558 bits per heavy atom. The molecule has 43 heavy (non-hydrogen) atoms. The minimum Gasteiger partial charge on any atom is -0.507 e. The molecule has 8 heteroatoms. The molecule has 0 spiro atoms. The SMILES string of the molecule is O=C(Nc1ccc(Cl)cc1)c1cc2ccccc2c(Cc2c(O)c(C(=O)Nc3ccc(Cl)cc3)cc3ccccc23)c1O. The predicted molar refractivity (Wildman–Crippen MR) is 173 cm³/mol. The Hall–Kier alpha value is -5.04. The van der Waals surface area contributed by atoms with Crippen molar-refractivity contribution in [3.8, 4) is 11.5 Å². The third kappa shape index (κ3) is 5.71. The molecule has 0 aliphatic heterocycles. The highest BCUT2D eigenvalue weighted by Crippen LogP contribution is 2.39. The average molecular weight is 607 g/mol. The van der Waals surface area contributed by atoms with Crippen LogP contribution < -0.4 is 10.6 Å². The molecule has 0 aliphatic rings. The molecule has 6 rings (SSSR count). The fourth-order valence-electron chi connectivity index (χ4n) is 5.17. The summed E-state index contributed by atoms with van der Waals surface area (Å²) < 4.78 is 0. The number of phenolic OH excluding ortho intramolecular Hbond substituents is 2. The van der Waals surface area contributed by atoms with E-state index >= 15 is 0 Å². The fraction of sp³-hybridized carbons (Fsp3) is 0.0286. The van der Waals surface area contributed by atoms with Crippen LogP contribution in [0.5, 0.6) is 11.5 Å². The molecule has 6 nitrogen and oxygen atoms in total. The summed E-state index contributed by atoms with van der Waals surface area (Å²) >= 11 is 12.0. The summed E-state index contributed by atoms with van der Waals surface area (Å²) in [5.41, 5.74) is 2.07. The van der Waals surface area contributed by atoms with E-state index in [1.807, 2.05) is 48.5 Å². The van der Waals surface area contributed by atoms with Crippen LogP contribution in [0.4, 0.5) is 11.4 Å². The van der Waals surface area contributed by atoms with Gasteiger partial charge in [-0.1, -0.05) is 71.7 Å². The van der Waals surface area contributed by atoms with Gasteiger partial charge in [0.05, 0.1) is 11.1 Å². The van der Waals surface area contributed by atoms with Gasteiger partial charge < -0.3 is 20.8 Å². The summed E-state index contributed by atoms with van der Waals surface area (Å²) in [7, 11) is 0. The molecule has 4 N–H and O–H groups in total. The molecule has 0 aromatic heterocycles. The summed E-state index contributed by atoms with van der Waals surface area (Å²) in [5, 5.41) is 32.7. The maximum Gasteiger partial charge on any atom is 0.259 e. The minimum absolute atomic E-state index is 0.0445. The lowest BCUT2D eigenvalue weighted by Gasteiger charge is -2.18. The van der Waals surface area contributed by atoms with E-state index in [1.165, 1.54) is 0 Å². The second kappa shape index (κ2) is 11.7. The average Bonchev–Trinajstić information content (AvgIpc) is 3.01. The van der Waals surface area contributed by atoms with Gasteiger partial charge >= 0.3 is 0 Å². The molecular weight excluding hydrogens is 583 g/mol. The Labute approximate surface area is 257 Å². The van der Waals surface area contributed by atoms with Crippen LogP contribution in [0.25, 0.3) is 21.5 Å². The van der Waals surface area contributed by atoms with Crippen LogP contribution in [-0.2, 0) is 6.42 Å². The standard InChI is InChI=1S/C35H24Cl2N2O4/c36-22-9-13-24(14-10-22)38-34(42)30-17-20-5-1-3-7-26(20)28(32(30)40)19-29-27-8-4-2-6-21(27)18-31(33(29)41)35(43)39-25-15-11-23(37)12-16-25/h1-18,40-41H,19H2,(H,38,42)(H,39,43). The van der Waals surface area contributed by atoms with Gasteiger partial charge in [0.25, 0.3) is 11.8 Å². The Kier molecular flexibility index (Phi) is 7.63. The Morgan fingerprint density at radius 3 is 1.33 bits per heavy atom. The Bertz CT molecular complexity index is 1880. The molecule has 6 aromatic carbocycles. The number of halogens is 2. The Morgan fingerprint density at radius 2 is 0.930 bits per heavy atom. The molecule has 0 aliphatic carbocycles. The van der Waals surface area contributed by atoms with Gasteiger partial charge in [0.2, 0.25) is 0 Å². The lowest BCUT2D eigenvalue weighted by molar-refractivity contribution is 0.101. The zero-order chi connectivity index (χ0) is 30.1. The molecule has 0 fully saturated rings. The van der Waals surface area contributed by atoms with Gasteiger partial charge in [-0.15, -0.1) is 0 Å². The second-order valence-electron chi connectivity index (χ2n) is 10.0. The maximum absolute atomic E-state index is 13.4. The van der Waals surface area contributed by atoms with E-state index in [-0.39, 0.29) is 29.0 Å². The summed E-state index contributed by atoms with van der Waals surface area (Å²) in [4.78, 5) is 26.7. The number of aromatic hydroxyl groups is 2. The largest absolute Gasteiger partial charge is 0.507 e. The monoisotopic (exact) mass is 606 g/mol. The summed E-state index contributed by atoms with van der Waals surface area (Å²) in [6.45, 7) is 0. The van der Waals surface area contributed by atoms with Gasteiger partial charge in [-0.05, 0) is 82.2 Å². The third-order valence-electron chi connectivity index (χ3n) is 7.30. The molecule has 0 radical (unpaired) electrons. The lowest BCUT2D eigenvalue weighted by atomic mass is 9.90. The first-order valence-electron chi connectivity index (χ1n) is 13.4. The van der Waals surface area contributed by atoms with Crippen LogP contribution in [0.1, 0.15) is 31.8 Å². The molecule has 0 heterocycles. The van der Waals surface area contributed by atoms with Gasteiger partial charge in [-0.3, -0.25) is 9.59 Å². The van der Waals surface area contributed by atoms with Crippen molar-refractivity contribution in [2.24, 2.45) is 0 Å². The van der Waals surface area contributed by atoms with Crippen molar-refractivity contribution in [1.82, 2.24) is 0 Å². The number of amides is 2. The summed E-state index contributed by atoms with van der Waals surface area (Å²) in [5.74, 6) is -1.44. The van der Waals surface area contributed by atoms with Crippen LogP contribution in [0, 0.1) is 0 Å². The van der Waals surface area contributed by atoms with E-state index in [0.29, 0.717) is 43.3 Å². The van der Waals surface area contributed by atoms with Crippen molar-refractivity contribution in [2.45, 2.75) is 6.42 Å². The number of benzene rings is 6. The molecule has 0 bridgehead atoms. The normalized spacial score (nSPS) is 11.0. The predicted octanol–water partition coefficient (Wildman–Crippen LogP) is 8.81. The summed E-state index contributed by atoms with van der Waals surface area (Å²) in [6.07, 6.45) is 0.0445. The first-order chi connectivity index (χ1) is 20.8. The number of carbonyl (C=O) groups excluding carboxylic acids is 2. The first kappa shape index (κ1) is 28.1. The van der Waals surface area contributed by atoms with E-state index in [0.717, 1.165) is 10.8 Å². The van der Waals surface area contributed by atoms with Crippen molar-refractivity contribution in [3.63, 3.8) is 0 Å². The van der Waals surface area contributed by atoms with Crippen LogP contribution in [-0.4, -0.2) is 22.0 Å². The topological polar surface area (TPSA) is 98.7 Å². The molecule has 0 atom stereocenters. The fourth-order valence-corrected chi connectivity index (χ4v) is 5.42. The number of nitrogens with one attached hydrogen (secondary N) is 2. The molecule has 212 valence electrons. The lowest BCUT2D eigenvalue weighted by Crippen LogP contribution is -2.14. The number of anilines is 2. The van der Waals surface area contributed by atoms with Crippen molar-refractivity contribution in [2.75, 3.05) is 10.6 Å². The molecule has 2 amide bonds. The quantitative estimate of drug-likeness (QED) is 0.152. The maximum atomic E-state index is 13.4. The van der Waals surface area contributed by atoms with E-state index in [4.69, 9.17) is 23.2 Å². The van der Waals surface area contributed by atoms with Crippen LogP contribution in [0.3, 0.4) is 0 Å². The number of rotatable bonds is 6. The number of carbonyl (C=O) groups is 2. The number of phenols is 2. The van der Waals surface area contributed by atoms with E-state index in [1.54, 1.807) is 60.7 Å². The Balaban J connectivity index is 1.45. The van der Waals surface area contributed by atoms with Crippen molar-refractivity contribution in [3.05, 3.63) is 141 Å². The van der Waals surface area contributed by atoms with Crippen LogP contribution in [0.2, 0.25) is 10.0 Å². The van der Waals surface area contributed by atoms with Gasteiger partial charge in [-0.25, -0.2) is 0 Å². The summed E-state index contributed by atoms with van der Waals surface area (Å²) in [6, 6.07) is 31.4. The second-order valence-corrected chi connectivity index (χ2v) is 10.9. The van der Waals surface area contributed by atoms with Gasteiger partial charge in [0.15, 0.2) is 0 Å². The molecular formula is C35H24Cl2N2O4.